The number of nitrogen functional groups attached to an aromatic ring is 1. The normalized spacial score (nSPS) is 10.4. The van der Waals surface area contributed by atoms with Crippen LogP contribution in [0, 0.1) is 0 Å². The van der Waals surface area contributed by atoms with E-state index >= 15 is 0 Å². The monoisotopic (exact) mass is 252 g/mol. The average molecular weight is 252 g/mol. The molecule has 6 nitrogen and oxygen atoms in total. The summed E-state index contributed by atoms with van der Waals surface area (Å²) in [6, 6.07) is 0. The van der Waals surface area contributed by atoms with Crippen LogP contribution in [-0.2, 0) is 0 Å². The van der Waals surface area contributed by atoms with Crippen molar-refractivity contribution >= 4 is 17.4 Å². The highest BCUT2D eigenvalue weighted by molar-refractivity contribution is 7.99. The summed E-state index contributed by atoms with van der Waals surface area (Å²) >= 11 is 1.23. The number of rotatable bonds is 5. The molecule has 2 rings (SSSR count). The molecule has 2 N–H and O–H groups in total. The molecule has 0 spiro atoms. The largest absolute Gasteiger partial charge is 0.476 e. The van der Waals surface area contributed by atoms with Crippen LogP contribution in [0.5, 0.6) is 5.88 Å². The Morgan fingerprint density at radius 1 is 1.41 bits per heavy atom. The molecule has 0 bridgehead atoms. The van der Waals surface area contributed by atoms with Gasteiger partial charge in [-0.1, -0.05) is 6.92 Å². The average Bonchev–Trinajstić information content (AvgIpc) is 2.83. The van der Waals surface area contributed by atoms with Crippen molar-refractivity contribution in [3.63, 3.8) is 0 Å². The second kappa shape index (κ2) is 5.53. The highest BCUT2D eigenvalue weighted by Crippen LogP contribution is 2.32. The van der Waals surface area contributed by atoms with Gasteiger partial charge in [0, 0.05) is 0 Å². The maximum Gasteiger partial charge on any atom is 0.262 e. The molecule has 2 aromatic heterocycles. The number of ether oxygens (including phenoxy) is 1. The van der Waals surface area contributed by atoms with Crippen LogP contribution in [0.3, 0.4) is 0 Å². The van der Waals surface area contributed by atoms with E-state index in [2.05, 4.69) is 15.0 Å². The minimum Gasteiger partial charge on any atom is -0.476 e. The minimum absolute atomic E-state index is 0.399. The van der Waals surface area contributed by atoms with Crippen molar-refractivity contribution < 1.29 is 9.15 Å². The zero-order valence-electron chi connectivity index (χ0n) is 9.29. The highest BCUT2D eigenvalue weighted by Gasteiger charge is 2.12. The van der Waals surface area contributed by atoms with E-state index in [-0.39, 0.29) is 0 Å². The van der Waals surface area contributed by atoms with Gasteiger partial charge in [-0.25, -0.2) is 9.97 Å². The van der Waals surface area contributed by atoms with E-state index in [1.807, 2.05) is 6.92 Å². The molecule has 0 atom stereocenters. The predicted octanol–water partition coefficient (Wildman–Crippen LogP) is 1.99. The lowest BCUT2D eigenvalue weighted by molar-refractivity contribution is 0.305. The lowest BCUT2D eigenvalue weighted by Crippen LogP contribution is -2.03. The van der Waals surface area contributed by atoms with Crippen LogP contribution in [0.4, 0.5) is 5.69 Å². The van der Waals surface area contributed by atoms with Crippen LogP contribution < -0.4 is 10.5 Å². The Kier molecular flexibility index (Phi) is 3.81. The summed E-state index contributed by atoms with van der Waals surface area (Å²) in [5.74, 6) is 0.399. The fraction of sp³-hybridized carbons (Fsp3) is 0.300. The van der Waals surface area contributed by atoms with Gasteiger partial charge in [0.2, 0.25) is 5.88 Å². The summed E-state index contributed by atoms with van der Waals surface area (Å²) in [4.78, 5) is 12.0. The van der Waals surface area contributed by atoms with E-state index in [9.17, 15) is 0 Å². The van der Waals surface area contributed by atoms with Crippen LogP contribution in [0.2, 0.25) is 0 Å². The molecule has 17 heavy (non-hydrogen) atoms. The van der Waals surface area contributed by atoms with E-state index < -0.39 is 0 Å². The van der Waals surface area contributed by atoms with Crippen molar-refractivity contribution in [3.8, 4) is 5.88 Å². The third-order valence-corrected chi connectivity index (χ3v) is 2.74. The van der Waals surface area contributed by atoms with Gasteiger partial charge in [-0.05, 0) is 18.2 Å². The molecule has 90 valence electrons. The van der Waals surface area contributed by atoms with E-state index in [1.165, 1.54) is 24.4 Å². The molecule has 0 amide bonds. The van der Waals surface area contributed by atoms with Crippen LogP contribution in [0.25, 0.3) is 0 Å². The number of nitrogens with zero attached hydrogens (tertiary/aromatic N) is 3. The van der Waals surface area contributed by atoms with Crippen molar-refractivity contribution in [3.05, 3.63) is 18.8 Å². The fourth-order valence-electron chi connectivity index (χ4n) is 1.10. The summed E-state index contributed by atoms with van der Waals surface area (Å²) in [6.45, 7) is 2.59. The molecule has 0 fully saturated rings. The molecule has 0 aliphatic carbocycles. The lowest BCUT2D eigenvalue weighted by atomic mass is 10.5. The molecule has 0 saturated carbocycles. The van der Waals surface area contributed by atoms with Crippen LogP contribution in [0.15, 0.2) is 33.5 Å². The first-order valence-electron chi connectivity index (χ1n) is 5.12. The fourth-order valence-corrected chi connectivity index (χ4v) is 1.78. The second-order valence-electron chi connectivity index (χ2n) is 3.15. The van der Waals surface area contributed by atoms with E-state index in [4.69, 9.17) is 14.9 Å². The van der Waals surface area contributed by atoms with Crippen molar-refractivity contribution in [1.29, 1.82) is 0 Å². The number of aromatic nitrogens is 3. The third kappa shape index (κ3) is 2.88. The number of anilines is 1. The quantitative estimate of drug-likeness (QED) is 0.814. The maximum absolute atomic E-state index is 5.90. The summed E-state index contributed by atoms with van der Waals surface area (Å²) < 4.78 is 10.5. The van der Waals surface area contributed by atoms with E-state index in [0.29, 0.717) is 28.4 Å². The first-order chi connectivity index (χ1) is 8.31. The van der Waals surface area contributed by atoms with E-state index in [0.717, 1.165) is 6.42 Å². The van der Waals surface area contributed by atoms with Crippen molar-refractivity contribution in [2.24, 2.45) is 0 Å². The molecule has 2 heterocycles. The number of hydrogen-bond acceptors (Lipinski definition) is 7. The first kappa shape index (κ1) is 11.7. The Morgan fingerprint density at radius 2 is 2.29 bits per heavy atom. The van der Waals surface area contributed by atoms with Gasteiger partial charge in [-0.15, -0.1) is 0 Å². The zero-order chi connectivity index (χ0) is 12.1. The van der Waals surface area contributed by atoms with Crippen molar-refractivity contribution in [2.45, 2.75) is 23.6 Å². The summed E-state index contributed by atoms with van der Waals surface area (Å²) in [5, 5.41) is 1.06. The van der Waals surface area contributed by atoms with Gasteiger partial charge < -0.3 is 14.9 Å². The third-order valence-electron chi connectivity index (χ3n) is 1.85. The van der Waals surface area contributed by atoms with Crippen LogP contribution in [-0.4, -0.2) is 21.6 Å². The molecule has 0 aliphatic heterocycles. The summed E-state index contributed by atoms with van der Waals surface area (Å²) in [7, 11) is 0. The van der Waals surface area contributed by atoms with Gasteiger partial charge in [0.05, 0.1) is 12.8 Å². The standard InChI is InChI=1S/C10H12N4O2S/c1-2-4-15-8-7(11)9(14-6-13-8)17-10-12-3-5-16-10/h3,5-6H,2,4,11H2,1H3. The molecule has 0 radical (unpaired) electrons. The summed E-state index contributed by atoms with van der Waals surface area (Å²) in [5.41, 5.74) is 6.31. The first-order valence-corrected chi connectivity index (χ1v) is 5.93. The molecule has 7 heteroatoms. The van der Waals surface area contributed by atoms with Gasteiger partial charge in [-0.3, -0.25) is 0 Å². The molecular weight excluding hydrogens is 240 g/mol. The Hall–Kier alpha value is -1.76. The van der Waals surface area contributed by atoms with Crippen LogP contribution in [0.1, 0.15) is 13.3 Å². The predicted molar refractivity (Wildman–Crippen MR) is 62.9 cm³/mol. The highest BCUT2D eigenvalue weighted by atomic mass is 32.2. The number of nitrogens with two attached hydrogens (primary N) is 1. The number of hydrogen-bond donors (Lipinski definition) is 1. The second-order valence-corrected chi connectivity index (χ2v) is 4.09. The Labute approximate surface area is 103 Å². The molecular formula is C10H12N4O2S. The Bertz CT molecular complexity index is 475. The zero-order valence-corrected chi connectivity index (χ0v) is 10.1. The SMILES string of the molecule is CCCOc1ncnc(Sc2ncco2)c1N. The lowest BCUT2D eigenvalue weighted by Gasteiger charge is -2.07. The molecule has 0 unspecified atom stereocenters. The Balaban J connectivity index is 2.17. The molecule has 2 aromatic rings. The molecule has 0 aliphatic rings. The number of oxazole rings is 1. The van der Waals surface area contributed by atoms with E-state index in [1.54, 1.807) is 6.20 Å². The van der Waals surface area contributed by atoms with Crippen LogP contribution >= 0.6 is 11.8 Å². The smallest absolute Gasteiger partial charge is 0.262 e. The molecule has 0 aromatic carbocycles. The molecule has 0 saturated heterocycles. The van der Waals surface area contributed by atoms with Gasteiger partial charge in [0.15, 0.2) is 0 Å². The maximum atomic E-state index is 5.90. The van der Waals surface area contributed by atoms with Gasteiger partial charge in [0.25, 0.3) is 5.22 Å². The summed E-state index contributed by atoms with van der Waals surface area (Å²) in [6.07, 6.45) is 5.36. The van der Waals surface area contributed by atoms with Gasteiger partial charge in [0.1, 0.15) is 23.3 Å². The Morgan fingerprint density at radius 3 is 3.00 bits per heavy atom. The topological polar surface area (TPSA) is 87.1 Å². The minimum atomic E-state index is 0.399. The van der Waals surface area contributed by atoms with Crippen molar-refractivity contribution in [1.82, 2.24) is 15.0 Å². The van der Waals surface area contributed by atoms with Gasteiger partial charge in [-0.2, -0.15) is 4.98 Å². The van der Waals surface area contributed by atoms with Crippen molar-refractivity contribution in [2.75, 3.05) is 12.3 Å². The van der Waals surface area contributed by atoms with Gasteiger partial charge >= 0.3 is 0 Å².